The minimum absolute atomic E-state index is 0.0232. The summed E-state index contributed by atoms with van der Waals surface area (Å²) in [7, 11) is 5.52. The highest BCUT2D eigenvalue weighted by Crippen LogP contribution is 2.29. The fraction of sp³-hybridized carbons (Fsp3) is 0.375. The van der Waals surface area contributed by atoms with Crippen molar-refractivity contribution < 1.29 is 14.3 Å². The summed E-state index contributed by atoms with van der Waals surface area (Å²) in [6.07, 6.45) is 0.196. The van der Waals surface area contributed by atoms with Gasteiger partial charge in [0.25, 0.3) is 0 Å². The van der Waals surface area contributed by atoms with Crippen LogP contribution in [0.1, 0.15) is 17.5 Å². The molecule has 0 spiro atoms. The number of amides is 2. The monoisotopic (exact) mass is 420 g/mol. The van der Waals surface area contributed by atoms with Gasteiger partial charge in [-0.3, -0.25) is 9.59 Å². The molecule has 1 unspecified atom stereocenters. The van der Waals surface area contributed by atoms with Crippen molar-refractivity contribution >= 4 is 17.5 Å². The van der Waals surface area contributed by atoms with Gasteiger partial charge in [0.05, 0.1) is 24.7 Å². The number of likely N-dealkylation sites (N-methyl/N-ethyl adjacent to an activating group) is 1. The molecule has 0 aliphatic carbocycles. The van der Waals surface area contributed by atoms with E-state index < -0.39 is 0 Å². The second-order valence-electron chi connectivity index (χ2n) is 7.98. The Morgan fingerprint density at radius 2 is 1.94 bits per heavy atom. The van der Waals surface area contributed by atoms with Crippen LogP contribution in [0.15, 0.2) is 48.5 Å². The molecule has 0 N–H and O–H groups in total. The van der Waals surface area contributed by atoms with Crippen LogP contribution in [0.25, 0.3) is 0 Å². The van der Waals surface area contributed by atoms with Gasteiger partial charge in [0.15, 0.2) is 0 Å². The third-order valence-electron chi connectivity index (χ3n) is 5.42. The average Bonchev–Trinajstić information content (AvgIpc) is 3.18. The number of anilines is 1. The lowest BCUT2D eigenvalue weighted by molar-refractivity contribution is -0.136. The predicted molar refractivity (Wildman–Crippen MR) is 119 cm³/mol. The average molecular weight is 421 g/mol. The molecule has 1 aliphatic rings. The molecule has 2 aromatic carbocycles. The quantitative estimate of drug-likeness (QED) is 0.656. The Kier molecular flexibility index (Phi) is 7.27. The molecule has 7 heteroatoms. The lowest BCUT2D eigenvalue weighted by atomic mass is 10.1. The maximum atomic E-state index is 13.4. The van der Waals surface area contributed by atoms with Crippen LogP contribution in [-0.2, 0) is 16.1 Å². The smallest absolute Gasteiger partial charge is 0.228 e. The number of nitriles is 1. The Balaban J connectivity index is 1.75. The van der Waals surface area contributed by atoms with Crippen LogP contribution < -0.4 is 9.64 Å². The zero-order chi connectivity index (χ0) is 22.4. The minimum Gasteiger partial charge on any atom is -0.497 e. The van der Waals surface area contributed by atoms with Crippen LogP contribution in [0.4, 0.5) is 5.69 Å². The van der Waals surface area contributed by atoms with Crippen LogP contribution >= 0.6 is 0 Å². The van der Waals surface area contributed by atoms with Gasteiger partial charge in [0.2, 0.25) is 11.8 Å². The summed E-state index contributed by atoms with van der Waals surface area (Å²) in [5.74, 6) is 0.204. The molecule has 1 heterocycles. The summed E-state index contributed by atoms with van der Waals surface area (Å²) < 4.78 is 5.26. The van der Waals surface area contributed by atoms with E-state index in [1.54, 1.807) is 24.1 Å². The number of benzene rings is 2. The molecule has 31 heavy (non-hydrogen) atoms. The molecular weight excluding hydrogens is 392 g/mol. The summed E-state index contributed by atoms with van der Waals surface area (Å²) in [4.78, 5) is 31.6. The number of rotatable bonds is 8. The molecular formula is C24H28N4O3. The van der Waals surface area contributed by atoms with Gasteiger partial charge in [-0.25, -0.2) is 0 Å². The van der Waals surface area contributed by atoms with Gasteiger partial charge in [0.1, 0.15) is 5.75 Å². The fourth-order valence-electron chi connectivity index (χ4n) is 3.65. The van der Waals surface area contributed by atoms with E-state index in [0.717, 1.165) is 17.8 Å². The van der Waals surface area contributed by atoms with E-state index >= 15 is 0 Å². The van der Waals surface area contributed by atoms with Gasteiger partial charge >= 0.3 is 0 Å². The molecule has 1 fully saturated rings. The Labute approximate surface area is 183 Å². The molecule has 0 radical (unpaired) electrons. The summed E-state index contributed by atoms with van der Waals surface area (Å²) in [5, 5.41) is 9.00. The van der Waals surface area contributed by atoms with Gasteiger partial charge in [-0.05, 0) is 43.9 Å². The Hall–Kier alpha value is -3.37. The van der Waals surface area contributed by atoms with Crippen LogP contribution in [0, 0.1) is 17.2 Å². The van der Waals surface area contributed by atoms with Crippen molar-refractivity contribution in [1.29, 1.82) is 5.26 Å². The first-order chi connectivity index (χ1) is 14.9. The van der Waals surface area contributed by atoms with Crippen LogP contribution in [0.2, 0.25) is 0 Å². The Bertz CT molecular complexity index is 966. The van der Waals surface area contributed by atoms with E-state index in [9.17, 15) is 9.59 Å². The Morgan fingerprint density at radius 1 is 1.19 bits per heavy atom. The lowest BCUT2D eigenvalue weighted by Gasteiger charge is -2.27. The zero-order valence-electron chi connectivity index (χ0n) is 18.2. The molecule has 3 rings (SSSR count). The first-order valence-electron chi connectivity index (χ1n) is 10.3. The summed E-state index contributed by atoms with van der Waals surface area (Å²) >= 11 is 0. The summed E-state index contributed by atoms with van der Waals surface area (Å²) in [6, 6.07) is 16.7. The van der Waals surface area contributed by atoms with E-state index in [1.807, 2.05) is 60.3 Å². The zero-order valence-corrected chi connectivity index (χ0v) is 18.2. The first-order valence-corrected chi connectivity index (χ1v) is 10.3. The van der Waals surface area contributed by atoms with Crippen molar-refractivity contribution in [3.05, 3.63) is 59.7 Å². The third kappa shape index (κ3) is 5.62. The van der Waals surface area contributed by atoms with Crippen LogP contribution in [0.5, 0.6) is 5.75 Å². The number of methoxy groups -OCH3 is 1. The Morgan fingerprint density at radius 3 is 2.58 bits per heavy atom. The molecule has 0 saturated carbocycles. The minimum atomic E-state index is -0.390. The van der Waals surface area contributed by atoms with E-state index in [0.29, 0.717) is 30.9 Å². The van der Waals surface area contributed by atoms with E-state index in [-0.39, 0.29) is 24.2 Å². The van der Waals surface area contributed by atoms with Gasteiger partial charge in [-0.1, -0.05) is 18.2 Å². The van der Waals surface area contributed by atoms with E-state index in [2.05, 4.69) is 6.07 Å². The van der Waals surface area contributed by atoms with E-state index in [1.165, 1.54) is 0 Å². The summed E-state index contributed by atoms with van der Waals surface area (Å²) in [5.41, 5.74) is 2.29. The molecule has 0 aromatic heterocycles. The third-order valence-corrected chi connectivity index (χ3v) is 5.42. The number of nitrogens with zero attached hydrogens (tertiary/aromatic N) is 4. The highest BCUT2D eigenvalue weighted by molar-refractivity contribution is 6.00. The predicted octanol–water partition coefficient (Wildman–Crippen LogP) is 2.51. The second kappa shape index (κ2) is 10.1. The first kappa shape index (κ1) is 22.3. The van der Waals surface area contributed by atoms with Crippen molar-refractivity contribution in [2.24, 2.45) is 5.92 Å². The van der Waals surface area contributed by atoms with Crippen molar-refractivity contribution in [1.82, 2.24) is 9.80 Å². The van der Waals surface area contributed by atoms with Gasteiger partial charge in [0, 0.05) is 44.4 Å². The van der Waals surface area contributed by atoms with Crippen molar-refractivity contribution in [3.8, 4) is 11.8 Å². The molecule has 0 bridgehead atoms. The van der Waals surface area contributed by atoms with Crippen molar-refractivity contribution in [2.75, 3.05) is 45.7 Å². The molecule has 1 atom stereocenters. The van der Waals surface area contributed by atoms with Crippen LogP contribution in [0.3, 0.4) is 0 Å². The van der Waals surface area contributed by atoms with Gasteiger partial charge in [-0.15, -0.1) is 0 Å². The lowest BCUT2D eigenvalue weighted by Crippen LogP contribution is -2.40. The van der Waals surface area contributed by atoms with Crippen molar-refractivity contribution in [3.63, 3.8) is 0 Å². The number of ether oxygens (including phenoxy) is 1. The number of hydrogen-bond acceptors (Lipinski definition) is 5. The molecule has 2 aromatic rings. The number of carbonyl (C=O) groups excluding carboxylic acids is 2. The molecule has 7 nitrogen and oxygen atoms in total. The van der Waals surface area contributed by atoms with Gasteiger partial charge < -0.3 is 19.4 Å². The van der Waals surface area contributed by atoms with Gasteiger partial charge in [-0.2, -0.15) is 5.26 Å². The molecule has 1 saturated heterocycles. The maximum absolute atomic E-state index is 13.4. The maximum Gasteiger partial charge on any atom is 0.228 e. The fourth-order valence-corrected chi connectivity index (χ4v) is 3.65. The molecule has 1 aliphatic heterocycles. The normalized spacial score (nSPS) is 15.8. The standard InChI is InChI=1S/C24H28N4O3/c1-26(2)11-12-27(16-19-9-7-18(15-25)8-10-19)24(30)20-13-23(29)28(17-20)21-5-4-6-22(14-21)31-3/h4-10,14,20H,11-13,16-17H2,1-3H3. The topological polar surface area (TPSA) is 76.9 Å². The molecule has 2 amide bonds. The van der Waals surface area contributed by atoms with Crippen molar-refractivity contribution in [2.45, 2.75) is 13.0 Å². The SMILES string of the molecule is COc1cccc(N2CC(C(=O)N(CCN(C)C)Cc3ccc(C#N)cc3)CC2=O)c1. The van der Waals surface area contributed by atoms with Crippen LogP contribution in [-0.4, -0.2) is 62.5 Å². The highest BCUT2D eigenvalue weighted by Gasteiger charge is 2.37. The molecule has 162 valence electrons. The van der Waals surface area contributed by atoms with E-state index in [4.69, 9.17) is 10.00 Å². The second-order valence-corrected chi connectivity index (χ2v) is 7.98. The summed E-state index contributed by atoms with van der Waals surface area (Å²) in [6.45, 7) is 2.09. The number of hydrogen-bond donors (Lipinski definition) is 0. The number of carbonyl (C=O) groups is 2. The largest absolute Gasteiger partial charge is 0.497 e. The highest BCUT2D eigenvalue weighted by atomic mass is 16.5.